The van der Waals surface area contributed by atoms with Crippen LogP contribution in [0.15, 0.2) is 22.9 Å². The molecule has 0 saturated carbocycles. The molecule has 17 heavy (non-hydrogen) atoms. The van der Waals surface area contributed by atoms with Crippen LogP contribution < -0.4 is 11.1 Å². The molecular weight excluding hydrogens is 232 g/mol. The molecule has 0 bridgehead atoms. The molecule has 2 aromatic rings. The smallest absolute Gasteiger partial charge is 0.132 e. The highest BCUT2D eigenvalue weighted by Gasteiger charge is 2.06. The Kier molecular flexibility index (Phi) is 3.58. The van der Waals surface area contributed by atoms with Gasteiger partial charge in [0.1, 0.15) is 17.5 Å². The van der Waals surface area contributed by atoms with Crippen LogP contribution in [-0.2, 0) is 6.42 Å². The van der Waals surface area contributed by atoms with Gasteiger partial charge in [-0.1, -0.05) is 0 Å². The molecule has 4 nitrogen and oxygen atoms in total. The lowest BCUT2D eigenvalue weighted by Gasteiger charge is -2.14. The number of nitrogens with two attached hydrogens (primary N) is 1. The van der Waals surface area contributed by atoms with Crippen LogP contribution in [0.5, 0.6) is 0 Å². The molecule has 5 heteroatoms. The summed E-state index contributed by atoms with van der Waals surface area (Å²) in [5.74, 6) is 1.98. The minimum absolute atomic E-state index is 0.318. The predicted octanol–water partition coefficient (Wildman–Crippen LogP) is 2.47. The molecule has 90 valence electrons. The third-order valence-electron chi connectivity index (χ3n) is 2.37. The fourth-order valence-corrected chi connectivity index (χ4v) is 2.41. The maximum Gasteiger partial charge on any atom is 0.132 e. The summed E-state index contributed by atoms with van der Waals surface area (Å²) in [5, 5.41) is 7.59. The number of anilines is 2. The molecule has 1 unspecified atom stereocenters. The van der Waals surface area contributed by atoms with Crippen LogP contribution in [0.4, 0.5) is 11.6 Å². The van der Waals surface area contributed by atoms with Crippen molar-refractivity contribution in [2.24, 2.45) is 0 Å². The molecule has 2 aromatic heterocycles. The summed E-state index contributed by atoms with van der Waals surface area (Å²) in [6.45, 7) is 3.97. The van der Waals surface area contributed by atoms with Gasteiger partial charge in [-0.2, -0.15) is 11.3 Å². The van der Waals surface area contributed by atoms with Crippen molar-refractivity contribution in [3.63, 3.8) is 0 Å². The Hall–Kier alpha value is -1.62. The first-order valence-electron chi connectivity index (χ1n) is 5.52. The molecule has 0 aromatic carbocycles. The molecule has 0 aliphatic heterocycles. The molecule has 0 aliphatic carbocycles. The molecular formula is C12H16N4S. The van der Waals surface area contributed by atoms with Gasteiger partial charge in [0.25, 0.3) is 0 Å². The zero-order valence-electron chi connectivity index (χ0n) is 9.97. The van der Waals surface area contributed by atoms with Crippen molar-refractivity contribution in [2.75, 3.05) is 11.1 Å². The van der Waals surface area contributed by atoms with E-state index in [2.05, 4.69) is 39.0 Å². The molecule has 0 amide bonds. The zero-order valence-corrected chi connectivity index (χ0v) is 10.8. The second-order valence-electron chi connectivity index (χ2n) is 4.11. The van der Waals surface area contributed by atoms with Crippen LogP contribution in [0.1, 0.15) is 18.3 Å². The largest absolute Gasteiger partial charge is 0.384 e. The van der Waals surface area contributed by atoms with Gasteiger partial charge in [0.2, 0.25) is 0 Å². The number of thiophene rings is 1. The molecule has 1 atom stereocenters. The molecule has 3 N–H and O–H groups in total. The average Bonchev–Trinajstić information content (AvgIpc) is 2.67. The lowest BCUT2D eigenvalue weighted by atomic mass is 10.1. The number of hydrogen-bond acceptors (Lipinski definition) is 5. The first-order valence-corrected chi connectivity index (χ1v) is 6.46. The first-order chi connectivity index (χ1) is 8.13. The van der Waals surface area contributed by atoms with E-state index in [9.17, 15) is 0 Å². The van der Waals surface area contributed by atoms with Gasteiger partial charge in [-0.15, -0.1) is 0 Å². The minimum atomic E-state index is 0.318. The summed E-state index contributed by atoms with van der Waals surface area (Å²) in [5.41, 5.74) is 7.02. The lowest BCUT2D eigenvalue weighted by molar-refractivity contribution is 0.784. The zero-order chi connectivity index (χ0) is 12.3. The van der Waals surface area contributed by atoms with Crippen molar-refractivity contribution in [1.29, 1.82) is 0 Å². The normalized spacial score (nSPS) is 12.4. The highest BCUT2D eigenvalue weighted by Crippen LogP contribution is 2.13. The molecule has 0 fully saturated rings. The Labute approximate surface area is 105 Å². The molecule has 2 heterocycles. The Morgan fingerprint density at radius 3 is 2.94 bits per heavy atom. The fourth-order valence-electron chi connectivity index (χ4n) is 1.73. The van der Waals surface area contributed by atoms with Crippen molar-refractivity contribution in [3.8, 4) is 0 Å². The summed E-state index contributed by atoms with van der Waals surface area (Å²) in [7, 11) is 0. The highest BCUT2D eigenvalue weighted by atomic mass is 32.1. The van der Waals surface area contributed by atoms with Gasteiger partial charge in [-0.3, -0.25) is 0 Å². The van der Waals surface area contributed by atoms with Gasteiger partial charge >= 0.3 is 0 Å². The van der Waals surface area contributed by atoms with Crippen molar-refractivity contribution < 1.29 is 0 Å². The van der Waals surface area contributed by atoms with Gasteiger partial charge < -0.3 is 11.1 Å². The van der Waals surface area contributed by atoms with Gasteiger partial charge in [0.15, 0.2) is 0 Å². The first kappa shape index (κ1) is 11.9. The van der Waals surface area contributed by atoms with Crippen molar-refractivity contribution in [2.45, 2.75) is 26.3 Å². The van der Waals surface area contributed by atoms with Crippen LogP contribution in [0.25, 0.3) is 0 Å². The van der Waals surface area contributed by atoms with E-state index in [0.29, 0.717) is 17.7 Å². The second-order valence-corrected chi connectivity index (χ2v) is 4.89. The predicted molar refractivity (Wildman–Crippen MR) is 72.3 cm³/mol. The number of nitrogens with zero attached hydrogens (tertiary/aromatic N) is 2. The summed E-state index contributed by atoms with van der Waals surface area (Å²) in [6.07, 6.45) is 0.979. The topological polar surface area (TPSA) is 63.8 Å². The van der Waals surface area contributed by atoms with Crippen LogP contribution in [0.3, 0.4) is 0 Å². The molecule has 0 saturated heterocycles. The van der Waals surface area contributed by atoms with Gasteiger partial charge in [-0.25, -0.2) is 9.97 Å². The van der Waals surface area contributed by atoms with Crippen molar-refractivity contribution >= 4 is 23.0 Å². The fraction of sp³-hybridized carbons (Fsp3) is 0.333. The van der Waals surface area contributed by atoms with E-state index in [0.717, 1.165) is 12.2 Å². The lowest BCUT2D eigenvalue weighted by Crippen LogP contribution is -2.19. The Morgan fingerprint density at radius 1 is 1.47 bits per heavy atom. The summed E-state index contributed by atoms with van der Waals surface area (Å²) < 4.78 is 0. The monoisotopic (exact) mass is 248 g/mol. The number of hydrogen-bond donors (Lipinski definition) is 2. The Balaban J connectivity index is 2.00. The van der Waals surface area contributed by atoms with Gasteiger partial charge in [0, 0.05) is 12.1 Å². The van der Waals surface area contributed by atoms with E-state index in [1.54, 1.807) is 17.4 Å². The van der Waals surface area contributed by atoms with E-state index in [1.165, 1.54) is 5.56 Å². The van der Waals surface area contributed by atoms with Crippen LogP contribution in [0, 0.1) is 6.92 Å². The number of aromatic nitrogens is 2. The number of aryl methyl sites for hydroxylation is 1. The van der Waals surface area contributed by atoms with Crippen LogP contribution in [0.2, 0.25) is 0 Å². The van der Waals surface area contributed by atoms with E-state index in [4.69, 9.17) is 5.73 Å². The van der Waals surface area contributed by atoms with E-state index >= 15 is 0 Å². The maximum atomic E-state index is 5.68. The van der Waals surface area contributed by atoms with Gasteiger partial charge in [-0.05, 0) is 42.7 Å². The molecule has 0 radical (unpaired) electrons. The summed E-state index contributed by atoms with van der Waals surface area (Å²) >= 11 is 1.72. The SMILES string of the molecule is Cc1nc(N)cc(NC(C)Cc2ccsc2)n1. The standard InChI is InChI=1S/C12H16N4S/c1-8(5-10-3-4-17-7-10)14-12-6-11(13)15-9(2)16-12/h3-4,6-8H,5H2,1-2H3,(H3,13,14,15,16). The molecule has 0 spiro atoms. The number of rotatable bonds is 4. The number of nitrogens with one attached hydrogen (secondary N) is 1. The highest BCUT2D eigenvalue weighted by molar-refractivity contribution is 7.07. The van der Waals surface area contributed by atoms with E-state index in [-0.39, 0.29) is 0 Å². The third-order valence-corrected chi connectivity index (χ3v) is 3.11. The van der Waals surface area contributed by atoms with Crippen LogP contribution >= 0.6 is 11.3 Å². The third kappa shape index (κ3) is 3.42. The maximum absolute atomic E-state index is 5.68. The van der Waals surface area contributed by atoms with E-state index < -0.39 is 0 Å². The minimum Gasteiger partial charge on any atom is -0.384 e. The average molecular weight is 248 g/mol. The Morgan fingerprint density at radius 2 is 2.29 bits per heavy atom. The summed E-state index contributed by atoms with van der Waals surface area (Å²) in [6, 6.07) is 4.22. The molecule has 0 aliphatic rings. The van der Waals surface area contributed by atoms with Crippen LogP contribution in [-0.4, -0.2) is 16.0 Å². The second kappa shape index (κ2) is 5.14. The number of nitrogen functional groups attached to an aromatic ring is 1. The molecule has 2 rings (SSSR count). The quantitative estimate of drug-likeness (QED) is 0.872. The van der Waals surface area contributed by atoms with Crippen molar-refractivity contribution in [3.05, 3.63) is 34.3 Å². The van der Waals surface area contributed by atoms with Crippen molar-refractivity contribution in [1.82, 2.24) is 9.97 Å². The Bertz CT molecular complexity index is 461. The van der Waals surface area contributed by atoms with Gasteiger partial charge in [0.05, 0.1) is 0 Å². The summed E-state index contributed by atoms with van der Waals surface area (Å²) in [4.78, 5) is 8.35. The van der Waals surface area contributed by atoms with E-state index in [1.807, 2.05) is 6.92 Å².